The number of nitrogens with zero attached hydrogens (tertiary/aromatic N) is 2. The molecule has 0 radical (unpaired) electrons. The van der Waals surface area contributed by atoms with Crippen molar-refractivity contribution in [1.82, 2.24) is 4.90 Å². The fourth-order valence-corrected chi connectivity index (χ4v) is 4.10. The van der Waals surface area contributed by atoms with E-state index < -0.39 is 5.79 Å². The summed E-state index contributed by atoms with van der Waals surface area (Å²) in [5.41, 5.74) is 0.897. The largest absolute Gasteiger partial charge is 0.347 e. The molecule has 3 fully saturated rings. The van der Waals surface area contributed by atoms with Crippen LogP contribution < -0.4 is 4.90 Å². The Hall–Kier alpha value is -1.92. The Morgan fingerprint density at radius 1 is 1.12 bits per heavy atom. The van der Waals surface area contributed by atoms with Gasteiger partial charge in [-0.05, 0) is 25.5 Å². The van der Waals surface area contributed by atoms with Crippen LogP contribution in [-0.4, -0.2) is 55.3 Å². The standard InChI is InChI=1S/C20H26N2O4/c1-2-22(15-6-4-3-5-7-15)19(24)17-14-16(17)18(23)21-10-8-20(9-11-21)25-12-13-26-20/h3-7,16-17H,2,8-14H2,1H3. The fraction of sp³-hybridized carbons (Fsp3) is 0.600. The second-order valence-electron chi connectivity index (χ2n) is 7.30. The molecule has 2 unspecified atom stereocenters. The van der Waals surface area contributed by atoms with Crippen LogP contribution in [-0.2, 0) is 19.1 Å². The minimum atomic E-state index is -0.470. The van der Waals surface area contributed by atoms with Gasteiger partial charge in [0.15, 0.2) is 5.79 Å². The Labute approximate surface area is 154 Å². The lowest BCUT2D eigenvalue weighted by atomic mass is 10.0. The molecule has 4 rings (SSSR count). The normalized spacial score (nSPS) is 26.7. The van der Waals surface area contributed by atoms with Gasteiger partial charge in [-0.25, -0.2) is 0 Å². The SMILES string of the molecule is CCN(C(=O)C1CC1C(=O)N1CCC2(CC1)OCCO2)c1ccccc1. The monoisotopic (exact) mass is 358 g/mol. The molecule has 2 heterocycles. The number of carbonyl (C=O) groups excluding carboxylic acids is 2. The zero-order valence-corrected chi connectivity index (χ0v) is 15.2. The Morgan fingerprint density at radius 2 is 1.77 bits per heavy atom. The van der Waals surface area contributed by atoms with E-state index in [4.69, 9.17) is 9.47 Å². The molecule has 1 aromatic carbocycles. The van der Waals surface area contributed by atoms with Gasteiger partial charge >= 0.3 is 0 Å². The van der Waals surface area contributed by atoms with Crippen molar-refractivity contribution in [3.63, 3.8) is 0 Å². The van der Waals surface area contributed by atoms with E-state index in [9.17, 15) is 9.59 Å². The lowest BCUT2D eigenvalue weighted by molar-refractivity contribution is -0.187. The molecule has 2 saturated heterocycles. The number of ether oxygens (including phenoxy) is 2. The maximum Gasteiger partial charge on any atom is 0.230 e. The van der Waals surface area contributed by atoms with E-state index in [1.165, 1.54) is 0 Å². The van der Waals surface area contributed by atoms with Crippen LogP contribution in [0.3, 0.4) is 0 Å². The van der Waals surface area contributed by atoms with Crippen LogP contribution in [0.15, 0.2) is 30.3 Å². The molecule has 140 valence electrons. The molecule has 1 aromatic rings. The molecule has 0 bridgehead atoms. The quantitative estimate of drug-likeness (QED) is 0.826. The van der Waals surface area contributed by atoms with Gasteiger partial charge in [-0.2, -0.15) is 0 Å². The van der Waals surface area contributed by atoms with Crippen molar-refractivity contribution in [3.8, 4) is 0 Å². The first-order chi connectivity index (χ1) is 12.6. The number of likely N-dealkylation sites (tertiary alicyclic amines) is 1. The number of hydrogen-bond donors (Lipinski definition) is 0. The summed E-state index contributed by atoms with van der Waals surface area (Å²) < 4.78 is 11.4. The van der Waals surface area contributed by atoms with E-state index in [1.54, 1.807) is 4.90 Å². The van der Waals surface area contributed by atoms with Gasteiger partial charge in [0, 0.05) is 38.2 Å². The summed E-state index contributed by atoms with van der Waals surface area (Å²) in [4.78, 5) is 29.3. The molecule has 2 aliphatic heterocycles. The third-order valence-corrected chi connectivity index (χ3v) is 5.73. The average molecular weight is 358 g/mol. The predicted octanol–water partition coefficient (Wildman–Crippen LogP) is 2.04. The Morgan fingerprint density at radius 3 is 2.38 bits per heavy atom. The molecule has 0 N–H and O–H groups in total. The molecular formula is C20H26N2O4. The van der Waals surface area contributed by atoms with Crippen LogP contribution in [0.1, 0.15) is 26.2 Å². The van der Waals surface area contributed by atoms with Crippen molar-refractivity contribution in [1.29, 1.82) is 0 Å². The van der Waals surface area contributed by atoms with E-state index in [0.717, 1.165) is 18.5 Å². The van der Waals surface area contributed by atoms with Gasteiger partial charge in [0.2, 0.25) is 11.8 Å². The van der Waals surface area contributed by atoms with Crippen LogP contribution >= 0.6 is 0 Å². The number of hydrogen-bond acceptors (Lipinski definition) is 4. The summed E-state index contributed by atoms with van der Waals surface area (Å²) in [6.07, 6.45) is 2.10. The van der Waals surface area contributed by atoms with E-state index in [0.29, 0.717) is 39.3 Å². The molecule has 26 heavy (non-hydrogen) atoms. The number of rotatable bonds is 4. The maximum absolute atomic E-state index is 12.9. The predicted molar refractivity (Wildman–Crippen MR) is 96.5 cm³/mol. The first-order valence-corrected chi connectivity index (χ1v) is 9.57. The van der Waals surface area contributed by atoms with Gasteiger partial charge in [-0.1, -0.05) is 18.2 Å². The highest BCUT2D eigenvalue weighted by Gasteiger charge is 2.52. The third kappa shape index (κ3) is 3.23. The first-order valence-electron chi connectivity index (χ1n) is 9.57. The van der Waals surface area contributed by atoms with Crippen LogP contribution in [0.5, 0.6) is 0 Å². The van der Waals surface area contributed by atoms with Crippen LogP contribution in [0, 0.1) is 11.8 Å². The van der Waals surface area contributed by atoms with Gasteiger partial charge in [0.05, 0.1) is 25.0 Å². The second kappa shape index (κ2) is 7.00. The highest BCUT2D eigenvalue weighted by Crippen LogP contribution is 2.43. The molecule has 6 heteroatoms. The molecule has 6 nitrogen and oxygen atoms in total. The van der Waals surface area contributed by atoms with Gasteiger partial charge < -0.3 is 19.3 Å². The summed E-state index contributed by atoms with van der Waals surface area (Å²) in [5.74, 6) is -0.646. The Balaban J connectivity index is 1.34. The number of carbonyl (C=O) groups is 2. The molecule has 1 saturated carbocycles. The summed E-state index contributed by atoms with van der Waals surface area (Å²) in [6.45, 7) is 5.15. The topological polar surface area (TPSA) is 59.1 Å². The van der Waals surface area contributed by atoms with Crippen LogP contribution in [0.2, 0.25) is 0 Å². The summed E-state index contributed by atoms with van der Waals surface area (Å²) in [6, 6.07) is 9.67. The lowest BCUT2D eigenvalue weighted by Gasteiger charge is -2.37. The van der Waals surface area contributed by atoms with E-state index >= 15 is 0 Å². The molecular weight excluding hydrogens is 332 g/mol. The molecule has 2 atom stereocenters. The zero-order valence-electron chi connectivity index (χ0n) is 15.2. The molecule has 1 aliphatic carbocycles. The average Bonchev–Trinajstić information content (AvgIpc) is 3.37. The summed E-state index contributed by atoms with van der Waals surface area (Å²) in [5, 5.41) is 0. The number of piperidine rings is 1. The molecule has 1 spiro atoms. The Kier molecular flexibility index (Phi) is 4.71. The van der Waals surface area contributed by atoms with Gasteiger partial charge in [-0.3, -0.25) is 9.59 Å². The highest BCUT2D eigenvalue weighted by molar-refractivity contribution is 6.01. The van der Waals surface area contributed by atoms with Crippen molar-refractivity contribution in [2.75, 3.05) is 37.7 Å². The van der Waals surface area contributed by atoms with Gasteiger partial charge in [0.25, 0.3) is 0 Å². The second-order valence-corrected chi connectivity index (χ2v) is 7.30. The van der Waals surface area contributed by atoms with Gasteiger partial charge in [0.1, 0.15) is 0 Å². The van der Waals surface area contributed by atoms with E-state index in [2.05, 4.69) is 0 Å². The number of amides is 2. The summed E-state index contributed by atoms with van der Waals surface area (Å²) >= 11 is 0. The van der Waals surface area contributed by atoms with Crippen LogP contribution in [0.25, 0.3) is 0 Å². The minimum absolute atomic E-state index is 0.0630. The van der Waals surface area contributed by atoms with Crippen molar-refractivity contribution in [2.24, 2.45) is 11.8 Å². The van der Waals surface area contributed by atoms with Crippen molar-refractivity contribution < 1.29 is 19.1 Å². The smallest absolute Gasteiger partial charge is 0.230 e. The van der Waals surface area contributed by atoms with Crippen molar-refractivity contribution >= 4 is 17.5 Å². The number of anilines is 1. The Bertz CT molecular complexity index is 662. The van der Waals surface area contributed by atoms with E-state index in [1.807, 2.05) is 42.2 Å². The number of para-hydroxylation sites is 1. The minimum Gasteiger partial charge on any atom is -0.347 e. The van der Waals surface area contributed by atoms with Gasteiger partial charge in [-0.15, -0.1) is 0 Å². The van der Waals surface area contributed by atoms with Crippen molar-refractivity contribution in [3.05, 3.63) is 30.3 Å². The highest BCUT2D eigenvalue weighted by atomic mass is 16.7. The van der Waals surface area contributed by atoms with Crippen LogP contribution in [0.4, 0.5) is 5.69 Å². The number of benzene rings is 1. The molecule has 3 aliphatic rings. The molecule has 0 aromatic heterocycles. The first kappa shape index (κ1) is 17.5. The fourth-order valence-electron chi connectivity index (χ4n) is 4.10. The molecule has 2 amide bonds. The van der Waals surface area contributed by atoms with E-state index in [-0.39, 0.29) is 23.7 Å². The third-order valence-electron chi connectivity index (χ3n) is 5.73. The van der Waals surface area contributed by atoms with Crippen molar-refractivity contribution in [2.45, 2.75) is 32.0 Å². The summed E-state index contributed by atoms with van der Waals surface area (Å²) in [7, 11) is 0. The zero-order chi connectivity index (χ0) is 18.1. The lowest BCUT2D eigenvalue weighted by Crippen LogP contribution is -2.48. The maximum atomic E-state index is 12.9.